The molecule has 1 amide bonds. The minimum absolute atomic E-state index is 0.0128. The molecule has 0 radical (unpaired) electrons. The lowest BCUT2D eigenvalue weighted by atomic mass is 10.3. The number of halogens is 1. The van der Waals surface area contributed by atoms with E-state index in [9.17, 15) is 4.79 Å². The Morgan fingerprint density at radius 3 is 2.55 bits per heavy atom. The Kier molecular flexibility index (Phi) is 4.53. The van der Waals surface area contributed by atoms with E-state index in [1.54, 1.807) is 42.7 Å². The topological polar surface area (TPSA) is 62.5 Å². The summed E-state index contributed by atoms with van der Waals surface area (Å²) >= 11 is 3.23. The fourth-order valence-electron chi connectivity index (χ4n) is 2.26. The molecule has 114 valence electrons. The summed E-state index contributed by atoms with van der Waals surface area (Å²) in [6.45, 7) is 2.78. The molecule has 1 saturated heterocycles. The highest BCUT2D eigenvalue weighted by Gasteiger charge is 2.20. The molecule has 2 aromatic heterocycles. The number of anilines is 1. The van der Waals surface area contributed by atoms with Crippen molar-refractivity contribution in [1.29, 1.82) is 0 Å². The molecule has 0 bridgehead atoms. The number of rotatable bonds is 3. The molecule has 1 aliphatic heterocycles. The largest absolute Gasteiger partial charge is 0.450 e. The second kappa shape index (κ2) is 6.74. The van der Waals surface area contributed by atoms with E-state index in [-0.39, 0.29) is 5.91 Å². The van der Waals surface area contributed by atoms with Crippen LogP contribution < -0.4 is 4.90 Å². The van der Waals surface area contributed by atoms with Crippen molar-refractivity contribution in [2.45, 2.75) is 0 Å². The summed E-state index contributed by atoms with van der Waals surface area (Å²) in [4.78, 5) is 24.5. The zero-order chi connectivity index (χ0) is 15.4. The van der Waals surface area contributed by atoms with Gasteiger partial charge in [-0.25, -0.2) is 9.97 Å². The van der Waals surface area contributed by atoms with E-state index >= 15 is 0 Å². The minimum atomic E-state index is -0.0128. The zero-order valence-electron chi connectivity index (χ0n) is 11.9. The molecular formula is C15H15BrN4O2. The fraction of sp³-hybridized carbons (Fsp3) is 0.267. The van der Waals surface area contributed by atoms with Gasteiger partial charge in [0.25, 0.3) is 0 Å². The number of aromatic nitrogens is 2. The van der Waals surface area contributed by atoms with Crippen LogP contribution in [0.1, 0.15) is 5.76 Å². The van der Waals surface area contributed by atoms with Crippen LogP contribution in [0, 0.1) is 0 Å². The molecule has 6 nitrogen and oxygen atoms in total. The fourth-order valence-corrected chi connectivity index (χ4v) is 2.58. The highest BCUT2D eigenvalue weighted by atomic mass is 79.9. The summed E-state index contributed by atoms with van der Waals surface area (Å²) in [7, 11) is 0. The average Bonchev–Trinajstić information content (AvgIpc) is 2.99. The average molecular weight is 363 g/mol. The predicted molar refractivity (Wildman–Crippen MR) is 86.3 cm³/mol. The molecule has 0 saturated carbocycles. The van der Waals surface area contributed by atoms with Crippen LogP contribution in [-0.4, -0.2) is 47.0 Å². The van der Waals surface area contributed by atoms with Gasteiger partial charge in [-0.05, 0) is 40.2 Å². The van der Waals surface area contributed by atoms with Gasteiger partial charge >= 0.3 is 0 Å². The Morgan fingerprint density at radius 2 is 1.91 bits per heavy atom. The minimum Gasteiger partial charge on any atom is -0.450 e. The van der Waals surface area contributed by atoms with Crippen LogP contribution in [0.25, 0.3) is 6.08 Å². The molecule has 3 heterocycles. The number of hydrogen-bond donors (Lipinski definition) is 0. The van der Waals surface area contributed by atoms with Gasteiger partial charge in [0.05, 0.1) is 0 Å². The van der Waals surface area contributed by atoms with Crippen molar-refractivity contribution in [2.24, 2.45) is 0 Å². The maximum atomic E-state index is 12.2. The maximum Gasteiger partial charge on any atom is 0.246 e. The van der Waals surface area contributed by atoms with Gasteiger partial charge in [-0.15, -0.1) is 0 Å². The molecule has 0 N–H and O–H groups in total. The van der Waals surface area contributed by atoms with Gasteiger partial charge in [-0.2, -0.15) is 0 Å². The molecule has 0 aliphatic carbocycles. The van der Waals surface area contributed by atoms with Crippen molar-refractivity contribution < 1.29 is 9.21 Å². The zero-order valence-corrected chi connectivity index (χ0v) is 13.4. The Balaban J connectivity index is 1.55. The van der Waals surface area contributed by atoms with Gasteiger partial charge in [-0.1, -0.05) is 0 Å². The van der Waals surface area contributed by atoms with Crippen LogP contribution in [0.5, 0.6) is 0 Å². The van der Waals surface area contributed by atoms with Crippen LogP contribution in [0.2, 0.25) is 0 Å². The third-order valence-electron chi connectivity index (χ3n) is 3.41. The summed E-state index contributed by atoms with van der Waals surface area (Å²) < 4.78 is 5.98. The van der Waals surface area contributed by atoms with Crippen molar-refractivity contribution >= 4 is 33.9 Å². The van der Waals surface area contributed by atoms with E-state index in [4.69, 9.17) is 4.42 Å². The van der Waals surface area contributed by atoms with Crippen molar-refractivity contribution in [3.63, 3.8) is 0 Å². The lowest BCUT2D eigenvalue weighted by Gasteiger charge is -2.34. The first kappa shape index (κ1) is 14.8. The van der Waals surface area contributed by atoms with Crippen LogP contribution in [0.15, 0.2) is 45.8 Å². The van der Waals surface area contributed by atoms with E-state index in [1.165, 1.54) is 0 Å². The van der Waals surface area contributed by atoms with Crippen LogP contribution in [-0.2, 0) is 4.79 Å². The van der Waals surface area contributed by atoms with Crippen LogP contribution in [0.4, 0.5) is 5.95 Å². The van der Waals surface area contributed by atoms with E-state index in [2.05, 4.69) is 30.8 Å². The Hall–Kier alpha value is -2.15. The second-order valence-electron chi connectivity index (χ2n) is 4.84. The van der Waals surface area contributed by atoms with Gasteiger partial charge in [-0.3, -0.25) is 4.79 Å². The second-order valence-corrected chi connectivity index (χ2v) is 5.62. The number of carbonyl (C=O) groups is 1. The Morgan fingerprint density at radius 1 is 1.18 bits per heavy atom. The smallest absolute Gasteiger partial charge is 0.246 e. The number of furan rings is 1. The number of carbonyl (C=O) groups excluding carboxylic acids is 1. The molecule has 0 unspecified atom stereocenters. The molecule has 22 heavy (non-hydrogen) atoms. The Bertz CT molecular complexity index is 663. The standard InChI is InChI=1S/C15H15BrN4O2/c16-13-4-2-12(22-13)3-5-14(21)19-8-10-20(11-9-19)15-17-6-1-7-18-15/h1-7H,8-11H2/b5-3+. The van der Waals surface area contributed by atoms with Crippen LogP contribution in [0.3, 0.4) is 0 Å². The van der Waals surface area contributed by atoms with E-state index in [0.717, 1.165) is 13.1 Å². The van der Waals surface area contributed by atoms with Crippen molar-refractivity contribution in [3.8, 4) is 0 Å². The number of hydrogen-bond acceptors (Lipinski definition) is 5. The number of amides is 1. The normalized spacial score (nSPS) is 15.5. The van der Waals surface area contributed by atoms with Gasteiger partial charge in [0, 0.05) is 44.6 Å². The SMILES string of the molecule is O=C(/C=C/c1ccc(Br)o1)N1CCN(c2ncccn2)CC1. The maximum absolute atomic E-state index is 12.2. The summed E-state index contributed by atoms with van der Waals surface area (Å²) in [6, 6.07) is 5.39. The van der Waals surface area contributed by atoms with Crippen molar-refractivity contribution in [1.82, 2.24) is 14.9 Å². The van der Waals surface area contributed by atoms with Crippen molar-refractivity contribution in [2.75, 3.05) is 31.1 Å². The quantitative estimate of drug-likeness (QED) is 0.783. The number of piperazine rings is 1. The lowest BCUT2D eigenvalue weighted by molar-refractivity contribution is -0.126. The van der Waals surface area contributed by atoms with Crippen LogP contribution >= 0.6 is 15.9 Å². The summed E-state index contributed by atoms with van der Waals surface area (Å²) in [5.74, 6) is 1.35. The first-order valence-electron chi connectivity index (χ1n) is 6.97. The molecule has 0 atom stereocenters. The van der Waals surface area contributed by atoms with Crippen molar-refractivity contribution in [3.05, 3.63) is 47.1 Å². The first-order valence-corrected chi connectivity index (χ1v) is 7.76. The highest BCUT2D eigenvalue weighted by molar-refractivity contribution is 9.10. The Labute approximate surface area is 136 Å². The summed E-state index contributed by atoms with van der Waals surface area (Å²) in [5.41, 5.74) is 0. The van der Waals surface area contributed by atoms with Gasteiger partial charge in [0.15, 0.2) is 4.67 Å². The van der Waals surface area contributed by atoms with E-state index < -0.39 is 0 Å². The highest BCUT2D eigenvalue weighted by Crippen LogP contribution is 2.15. The lowest BCUT2D eigenvalue weighted by Crippen LogP contribution is -2.48. The van der Waals surface area contributed by atoms with E-state index in [1.807, 2.05) is 4.90 Å². The monoisotopic (exact) mass is 362 g/mol. The molecule has 0 spiro atoms. The molecular weight excluding hydrogens is 348 g/mol. The molecule has 2 aromatic rings. The van der Waals surface area contributed by atoms with E-state index in [0.29, 0.717) is 29.5 Å². The predicted octanol–water partition coefficient (Wildman–Crippen LogP) is 2.19. The third kappa shape index (κ3) is 3.54. The van der Waals surface area contributed by atoms with Gasteiger partial charge in [0.2, 0.25) is 11.9 Å². The number of nitrogens with zero attached hydrogens (tertiary/aromatic N) is 4. The molecule has 1 aliphatic rings. The van der Waals surface area contributed by atoms with Gasteiger partial charge < -0.3 is 14.2 Å². The first-order chi connectivity index (χ1) is 10.7. The molecule has 0 aromatic carbocycles. The third-order valence-corrected chi connectivity index (χ3v) is 3.84. The molecule has 3 rings (SSSR count). The van der Waals surface area contributed by atoms with Gasteiger partial charge in [0.1, 0.15) is 5.76 Å². The summed E-state index contributed by atoms with van der Waals surface area (Å²) in [5, 5.41) is 0. The molecule has 1 fully saturated rings. The molecule has 7 heteroatoms. The summed E-state index contributed by atoms with van der Waals surface area (Å²) in [6.07, 6.45) is 6.67.